The molecule has 0 spiro atoms. The summed E-state index contributed by atoms with van der Waals surface area (Å²) < 4.78 is 6.72. The number of nitrogens with zero attached hydrogens (tertiary/aromatic N) is 1. The van der Waals surface area contributed by atoms with Crippen molar-refractivity contribution in [2.24, 2.45) is 0 Å². The Labute approximate surface area is 150 Å². The molecule has 0 aliphatic heterocycles. The normalized spacial score (nSPS) is 10.5. The molecule has 0 fully saturated rings. The second-order valence-electron chi connectivity index (χ2n) is 5.40. The Balaban J connectivity index is 1.48. The van der Waals surface area contributed by atoms with Crippen LogP contribution in [-0.2, 0) is 6.54 Å². The first-order chi connectivity index (χ1) is 11.8. The van der Waals surface area contributed by atoms with E-state index in [4.69, 9.17) is 4.74 Å². The van der Waals surface area contributed by atoms with Crippen molar-refractivity contribution in [2.45, 2.75) is 6.54 Å². The predicted octanol–water partition coefficient (Wildman–Crippen LogP) is 4.68. The molecule has 0 aliphatic carbocycles. The average Bonchev–Trinajstić information content (AvgIpc) is 2.64. The molecule has 1 aromatic heterocycles. The van der Waals surface area contributed by atoms with E-state index in [0.717, 1.165) is 34.4 Å². The molecule has 0 aliphatic rings. The summed E-state index contributed by atoms with van der Waals surface area (Å²) in [5, 5.41) is 3.39. The lowest BCUT2D eigenvalue weighted by atomic mass is 10.1. The Hall–Kier alpha value is -2.17. The molecule has 0 radical (unpaired) electrons. The molecule has 0 amide bonds. The van der Waals surface area contributed by atoms with Crippen molar-refractivity contribution < 1.29 is 4.74 Å². The van der Waals surface area contributed by atoms with Crippen molar-refractivity contribution in [2.75, 3.05) is 13.2 Å². The van der Waals surface area contributed by atoms with Gasteiger partial charge in [-0.1, -0.05) is 42.5 Å². The van der Waals surface area contributed by atoms with Crippen molar-refractivity contribution in [1.29, 1.82) is 0 Å². The summed E-state index contributed by atoms with van der Waals surface area (Å²) in [6.07, 6.45) is 3.79. The summed E-state index contributed by atoms with van der Waals surface area (Å²) in [7, 11) is 0. The van der Waals surface area contributed by atoms with Gasteiger partial charge in [0.25, 0.3) is 0 Å². The zero-order valence-corrected chi connectivity index (χ0v) is 14.9. The standard InChI is InChI=1S/C20H19BrN2O/c21-19-8-4-5-9-20(19)24-11-10-22-13-16-12-18(15-23-14-16)17-6-2-1-3-7-17/h1-9,12,14-15,22H,10-11,13H2. The van der Waals surface area contributed by atoms with Gasteiger partial charge in [-0.25, -0.2) is 0 Å². The third kappa shape index (κ3) is 4.66. The van der Waals surface area contributed by atoms with E-state index in [0.29, 0.717) is 6.61 Å². The van der Waals surface area contributed by atoms with E-state index in [9.17, 15) is 0 Å². The average molecular weight is 383 g/mol. The monoisotopic (exact) mass is 382 g/mol. The molecule has 0 atom stereocenters. The number of halogens is 1. The molecular formula is C20H19BrN2O. The maximum atomic E-state index is 5.74. The van der Waals surface area contributed by atoms with Gasteiger partial charge >= 0.3 is 0 Å². The molecule has 3 nitrogen and oxygen atoms in total. The van der Waals surface area contributed by atoms with Crippen LogP contribution in [0.1, 0.15) is 5.56 Å². The predicted molar refractivity (Wildman–Crippen MR) is 101 cm³/mol. The number of hydrogen-bond donors (Lipinski definition) is 1. The summed E-state index contributed by atoms with van der Waals surface area (Å²) in [6, 6.07) is 20.3. The van der Waals surface area contributed by atoms with Gasteiger partial charge in [-0.3, -0.25) is 4.98 Å². The maximum Gasteiger partial charge on any atom is 0.133 e. The molecular weight excluding hydrogens is 364 g/mol. The van der Waals surface area contributed by atoms with Gasteiger partial charge in [0.15, 0.2) is 0 Å². The molecule has 4 heteroatoms. The Bertz CT molecular complexity index is 777. The first-order valence-corrected chi connectivity index (χ1v) is 8.69. The molecule has 1 N–H and O–H groups in total. The van der Waals surface area contributed by atoms with E-state index in [-0.39, 0.29) is 0 Å². The van der Waals surface area contributed by atoms with Gasteiger partial charge in [0.05, 0.1) is 4.47 Å². The minimum absolute atomic E-state index is 0.619. The largest absolute Gasteiger partial charge is 0.491 e. The number of aromatic nitrogens is 1. The first kappa shape index (κ1) is 16.7. The van der Waals surface area contributed by atoms with Gasteiger partial charge in [-0.2, -0.15) is 0 Å². The molecule has 0 bridgehead atoms. The lowest BCUT2D eigenvalue weighted by molar-refractivity contribution is 0.312. The van der Waals surface area contributed by atoms with Crippen LogP contribution in [0.5, 0.6) is 5.75 Å². The molecule has 1 heterocycles. The molecule has 0 saturated carbocycles. The van der Waals surface area contributed by atoms with Crippen LogP contribution < -0.4 is 10.1 Å². The molecule has 0 saturated heterocycles. The number of nitrogens with one attached hydrogen (secondary N) is 1. The van der Waals surface area contributed by atoms with E-state index in [1.807, 2.05) is 54.9 Å². The van der Waals surface area contributed by atoms with Crippen molar-refractivity contribution >= 4 is 15.9 Å². The lowest BCUT2D eigenvalue weighted by Crippen LogP contribution is -2.20. The minimum Gasteiger partial charge on any atom is -0.491 e. The van der Waals surface area contributed by atoms with Gasteiger partial charge in [0, 0.05) is 31.0 Å². The molecule has 2 aromatic carbocycles. The highest BCUT2D eigenvalue weighted by Gasteiger charge is 2.01. The van der Waals surface area contributed by atoms with Crippen molar-refractivity contribution in [3.05, 3.63) is 83.1 Å². The molecule has 0 unspecified atom stereocenters. The van der Waals surface area contributed by atoms with Crippen LogP contribution in [0.25, 0.3) is 11.1 Å². The SMILES string of the molecule is Brc1ccccc1OCCNCc1cncc(-c2ccccc2)c1. The number of pyridine rings is 1. The maximum absolute atomic E-state index is 5.74. The zero-order chi connectivity index (χ0) is 16.6. The summed E-state index contributed by atoms with van der Waals surface area (Å²) in [6.45, 7) is 2.16. The lowest BCUT2D eigenvalue weighted by Gasteiger charge is -2.09. The van der Waals surface area contributed by atoms with Crippen molar-refractivity contribution in [1.82, 2.24) is 10.3 Å². The molecule has 3 aromatic rings. The molecule has 24 heavy (non-hydrogen) atoms. The summed E-state index contributed by atoms with van der Waals surface area (Å²) in [5.41, 5.74) is 3.49. The Morgan fingerprint density at radius 1 is 0.917 bits per heavy atom. The number of benzene rings is 2. The highest BCUT2D eigenvalue weighted by Crippen LogP contribution is 2.23. The second-order valence-corrected chi connectivity index (χ2v) is 6.26. The van der Waals surface area contributed by atoms with Gasteiger partial charge in [-0.05, 0) is 45.3 Å². The summed E-state index contributed by atoms with van der Waals surface area (Å²) in [4.78, 5) is 4.34. The smallest absolute Gasteiger partial charge is 0.133 e. The van der Waals surface area contributed by atoms with Crippen LogP contribution in [0.15, 0.2) is 77.5 Å². The number of ether oxygens (including phenoxy) is 1. The highest BCUT2D eigenvalue weighted by atomic mass is 79.9. The Morgan fingerprint density at radius 2 is 1.71 bits per heavy atom. The van der Waals surface area contributed by atoms with Crippen LogP contribution in [0.4, 0.5) is 0 Å². The summed E-state index contributed by atoms with van der Waals surface area (Å²) in [5.74, 6) is 0.868. The van der Waals surface area contributed by atoms with E-state index >= 15 is 0 Å². The van der Waals surface area contributed by atoms with Gasteiger partial charge in [-0.15, -0.1) is 0 Å². The number of para-hydroxylation sites is 1. The summed E-state index contributed by atoms with van der Waals surface area (Å²) >= 11 is 3.48. The van der Waals surface area contributed by atoms with Crippen LogP contribution in [0.3, 0.4) is 0 Å². The van der Waals surface area contributed by atoms with Crippen LogP contribution in [-0.4, -0.2) is 18.1 Å². The third-order valence-corrected chi connectivity index (χ3v) is 4.26. The Morgan fingerprint density at radius 3 is 2.54 bits per heavy atom. The fourth-order valence-corrected chi connectivity index (χ4v) is 2.80. The molecule has 122 valence electrons. The number of rotatable bonds is 7. The minimum atomic E-state index is 0.619. The molecule has 3 rings (SSSR count). The van der Waals surface area contributed by atoms with Crippen molar-refractivity contribution in [3.63, 3.8) is 0 Å². The fourth-order valence-electron chi connectivity index (χ4n) is 2.40. The van der Waals surface area contributed by atoms with E-state index < -0.39 is 0 Å². The van der Waals surface area contributed by atoms with Gasteiger partial charge in [0.1, 0.15) is 12.4 Å². The van der Waals surface area contributed by atoms with E-state index in [1.165, 1.54) is 5.56 Å². The fraction of sp³-hybridized carbons (Fsp3) is 0.150. The van der Waals surface area contributed by atoms with E-state index in [2.05, 4.69) is 44.4 Å². The van der Waals surface area contributed by atoms with Gasteiger partial charge in [0.2, 0.25) is 0 Å². The quantitative estimate of drug-likeness (QED) is 0.602. The third-order valence-electron chi connectivity index (χ3n) is 3.60. The Kier molecular flexibility index (Phi) is 5.99. The first-order valence-electron chi connectivity index (χ1n) is 7.90. The van der Waals surface area contributed by atoms with Crippen LogP contribution >= 0.6 is 15.9 Å². The zero-order valence-electron chi connectivity index (χ0n) is 13.3. The van der Waals surface area contributed by atoms with Crippen molar-refractivity contribution in [3.8, 4) is 16.9 Å². The second kappa shape index (κ2) is 8.62. The van der Waals surface area contributed by atoms with Crippen LogP contribution in [0.2, 0.25) is 0 Å². The van der Waals surface area contributed by atoms with Crippen LogP contribution in [0, 0.1) is 0 Å². The van der Waals surface area contributed by atoms with E-state index in [1.54, 1.807) is 0 Å². The highest BCUT2D eigenvalue weighted by molar-refractivity contribution is 9.10. The number of hydrogen-bond acceptors (Lipinski definition) is 3. The topological polar surface area (TPSA) is 34.1 Å². The van der Waals surface area contributed by atoms with Gasteiger partial charge < -0.3 is 10.1 Å².